The van der Waals surface area contributed by atoms with Crippen LogP contribution in [0.25, 0.3) is 0 Å². The lowest BCUT2D eigenvalue weighted by atomic mass is 10.00. The largest absolute Gasteiger partial charge is 0.388 e. The zero-order valence-corrected chi connectivity index (χ0v) is 11.4. The highest BCUT2D eigenvalue weighted by atomic mass is 16.5. The molecule has 1 fully saturated rings. The highest BCUT2D eigenvalue weighted by Crippen LogP contribution is 2.16. The van der Waals surface area contributed by atoms with E-state index >= 15 is 0 Å². The summed E-state index contributed by atoms with van der Waals surface area (Å²) in [6, 6.07) is 4.10. The third kappa shape index (κ3) is 3.96. The first-order valence-corrected chi connectivity index (χ1v) is 6.67. The van der Waals surface area contributed by atoms with Gasteiger partial charge in [0.2, 0.25) is 0 Å². The second-order valence-electron chi connectivity index (χ2n) is 5.04. The van der Waals surface area contributed by atoms with Gasteiger partial charge in [-0.3, -0.25) is 4.98 Å². The van der Waals surface area contributed by atoms with Crippen LogP contribution >= 0.6 is 0 Å². The predicted molar refractivity (Wildman–Crippen MR) is 73.7 cm³/mol. The molecule has 1 aromatic heterocycles. The van der Waals surface area contributed by atoms with Gasteiger partial charge in [0.1, 0.15) is 0 Å². The number of rotatable bonds is 5. The first-order valence-electron chi connectivity index (χ1n) is 6.67. The molecule has 0 unspecified atom stereocenters. The summed E-state index contributed by atoms with van der Waals surface area (Å²) in [5.41, 5.74) is 2.25. The van der Waals surface area contributed by atoms with E-state index in [0.717, 1.165) is 43.6 Å². The van der Waals surface area contributed by atoms with E-state index in [4.69, 9.17) is 4.74 Å². The molecule has 0 saturated carbocycles. The summed E-state index contributed by atoms with van der Waals surface area (Å²) in [5, 5.41) is 3.15. The maximum atomic E-state index is 5.39. The SMILES string of the molecule is CNc1ccnc(CN(C)CC2CCOCC2)c1. The van der Waals surface area contributed by atoms with Crippen molar-refractivity contribution in [3.05, 3.63) is 24.0 Å². The quantitative estimate of drug-likeness (QED) is 0.866. The van der Waals surface area contributed by atoms with E-state index in [1.54, 1.807) is 0 Å². The van der Waals surface area contributed by atoms with Crippen LogP contribution in [0.15, 0.2) is 18.3 Å². The molecule has 4 nitrogen and oxygen atoms in total. The van der Waals surface area contributed by atoms with Gasteiger partial charge in [0.25, 0.3) is 0 Å². The Hall–Kier alpha value is -1.13. The summed E-state index contributed by atoms with van der Waals surface area (Å²) >= 11 is 0. The lowest BCUT2D eigenvalue weighted by Gasteiger charge is -2.26. The van der Waals surface area contributed by atoms with Crippen molar-refractivity contribution in [3.63, 3.8) is 0 Å². The maximum Gasteiger partial charge on any atom is 0.0564 e. The zero-order valence-electron chi connectivity index (χ0n) is 11.4. The normalized spacial score (nSPS) is 17.1. The van der Waals surface area contributed by atoms with Gasteiger partial charge >= 0.3 is 0 Å². The molecule has 0 amide bonds. The molecule has 2 rings (SSSR count). The van der Waals surface area contributed by atoms with E-state index < -0.39 is 0 Å². The average molecular weight is 249 g/mol. The third-order valence-electron chi connectivity index (χ3n) is 3.45. The van der Waals surface area contributed by atoms with Crippen LogP contribution in [0.1, 0.15) is 18.5 Å². The summed E-state index contributed by atoms with van der Waals surface area (Å²) in [6.07, 6.45) is 4.24. The minimum Gasteiger partial charge on any atom is -0.388 e. The number of nitrogens with one attached hydrogen (secondary N) is 1. The van der Waals surface area contributed by atoms with Crippen molar-refractivity contribution in [2.75, 3.05) is 39.2 Å². The summed E-state index contributed by atoms with van der Waals surface area (Å²) < 4.78 is 5.39. The predicted octanol–water partition coefficient (Wildman–Crippen LogP) is 1.98. The molecule has 2 heterocycles. The topological polar surface area (TPSA) is 37.4 Å². The fraction of sp³-hybridized carbons (Fsp3) is 0.643. The van der Waals surface area contributed by atoms with Gasteiger partial charge < -0.3 is 15.0 Å². The summed E-state index contributed by atoms with van der Waals surface area (Å²) in [6.45, 7) is 3.89. The van der Waals surface area contributed by atoms with Crippen molar-refractivity contribution >= 4 is 5.69 Å². The molecule has 1 aliphatic heterocycles. The monoisotopic (exact) mass is 249 g/mol. The molecule has 1 aromatic rings. The van der Waals surface area contributed by atoms with E-state index in [-0.39, 0.29) is 0 Å². The molecule has 0 spiro atoms. The highest BCUT2D eigenvalue weighted by molar-refractivity contribution is 5.42. The van der Waals surface area contributed by atoms with E-state index in [1.165, 1.54) is 12.8 Å². The Morgan fingerprint density at radius 3 is 2.94 bits per heavy atom. The highest BCUT2D eigenvalue weighted by Gasteiger charge is 2.15. The number of ether oxygens (including phenoxy) is 1. The van der Waals surface area contributed by atoms with E-state index in [2.05, 4.69) is 28.3 Å². The smallest absolute Gasteiger partial charge is 0.0564 e. The van der Waals surface area contributed by atoms with Crippen LogP contribution in [0.3, 0.4) is 0 Å². The van der Waals surface area contributed by atoms with E-state index in [9.17, 15) is 0 Å². The molecule has 0 aliphatic carbocycles. The van der Waals surface area contributed by atoms with Crippen LogP contribution < -0.4 is 5.32 Å². The van der Waals surface area contributed by atoms with Crippen LogP contribution in [-0.4, -0.2) is 43.7 Å². The fourth-order valence-corrected chi connectivity index (χ4v) is 2.43. The molecule has 0 radical (unpaired) electrons. The Morgan fingerprint density at radius 2 is 2.22 bits per heavy atom. The van der Waals surface area contributed by atoms with Gasteiger partial charge in [0.05, 0.1) is 5.69 Å². The number of hydrogen-bond donors (Lipinski definition) is 1. The van der Waals surface area contributed by atoms with Crippen molar-refractivity contribution < 1.29 is 4.74 Å². The van der Waals surface area contributed by atoms with Crippen molar-refractivity contribution in [2.24, 2.45) is 5.92 Å². The number of anilines is 1. The lowest BCUT2D eigenvalue weighted by Crippen LogP contribution is -2.29. The molecule has 1 N–H and O–H groups in total. The van der Waals surface area contributed by atoms with Gasteiger partial charge in [-0.2, -0.15) is 0 Å². The minimum absolute atomic E-state index is 0.774. The summed E-state index contributed by atoms with van der Waals surface area (Å²) in [7, 11) is 4.11. The molecule has 1 saturated heterocycles. The van der Waals surface area contributed by atoms with Gasteiger partial charge in [-0.15, -0.1) is 0 Å². The minimum atomic E-state index is 0.774. The zero-order chi connectivity index (χ0) is 12.8. The van der Waals surface area contributed by atoms with Crippen LogP contribution in [0.5, 0.6) is 0 Å². The van der Waals surface area contributed by atoms with Gasteiger partial charge in [-0.25, -0.2) is 0 Å². The maximum absolute atomic E-state index is 5.39. The second kappa shape index (κ2) is 6.71. The van der Waals surface area contributed by atoms with Crippen LogP contribution in [-0.2, 0) is 11.3 Å². The molecule has 1 aliphatic rings. The van der Waals surface area contributed by atoms with Crippen LogP contribution in [0.4, 0.5) is 5.69 Å². The van der Waals surface area contributed by atoms with Crippen LogP contribution in [0.2, 0.25) is 0 Å². The van der Waals surface area contributed by atoms with Crippen molar-refractivity contribution in [3.8, 4) is 0 Å². The number of pyridine rings is 1. The van der Waals surface area contributed by atoms with Gasteiger partial charge in [0.15, 0.2) is 0 Å². The van der Waals surface area contributed by atoms with Crippen molar-refractivity contribution in [1.29, 1.82) is 0 Å². The first-order chi connectivity index (χ1) is 8.78. The summed E-state index contributed by atoms with van der Waals surface area (Å²) in [4.78, 5) is 6.77. The average Bonchev–Trinajstić information content (AvgIpc) is 2.40. The number of hydrogen-bond acceptors (Lipinski definition) is 4. The number of aromatic nitrogens is 1. The second-order valence-corrected chi connectivity index (χ2v) is 5.04. The first kappa shape index (κ1) is 13.3. The molecular weight excluding hydrogens is 226 g/mol. The van der Waals surface area contributed by atoms with Gasteiger partial charge in [0, 0.05) is 45.2 Å². The van der Waals surface area contributed by atoms with E-state index in [0.29, 0.717) is 0 Å². The van der Waals surface area contributed by atoms with Crippen molar-refractivity contribution in [2.45, 2.75) is 19.4 Å². The molecule has 4 heteroatoms. The van der Waals surface area contributed by atoms with Gasteiger partial charge in [-0.1, -0.05) is 0 Å². The standard InChI is InChI=1S/C14H23N3O/c1-15-13-3-6-16-14(9-13)11-17(2)10-12-4-7-18-8-5-12/h3,6,9,12H,4-5,7-8,10-11H2,1-2H3,(H,15,16). The molecule has 0 aromatic carbocycles. The Bertz CT molecular complexity index is 364. The van der Waals surface area contributed by atoms with Crippen LogP contribution in [0, 0.1) is 5.92 Å². The molecule has 18 heavy (non-hydrogen) atoms. The Kier molecular flexibility index (Phi) is 4.96. The van der Waals surface area contributed by atoms with E-state index in [1.807, 2.05) is 19.3 Å². The fourth-order valence-electron chi connectivity index (χ4n) is 2.43. The lowest BCUT2D eigenvalue weighted by molar-refractivity contribution is 0.0548. The third-order valence-corrected chi connectivity index (χ3v) is 3.45. The summed E-state index contributed by atoms with van der Waals surface area (Å²) in [5.74, 6) is 0.774. The van der Waals surface area contributed by atoms with Crippen molar-refractivity contribution in [1.82, 2.24) is 9.88 Å². The Labute approximate surface area is 109 Å². The molecule has 0 atom stereocenters. The molecule has 100 valence electrons. The molecular formula is C14H23N3O. The molecule has 0 bridgehead atoms. The van der Waals surface area contributed by atoms with Gasteiger partial charge in [-0.05, 0) is 37.9 Å². The Morgan fingerprint density at radius 1 is 1.44 bits per heavy atom. The number of nitrogens with zero attached hydrogens (tertiary/aromatic N) is 2. The Balaban J connectivity index is 1.83.